The van der Waals surface area contributed by atoms with Gasteiger partial charge in [-0.3, -0.25) is 4.79 Å². The van der Waals surface area contributed by atoms with Gasteiger partial charge in [-0.15, -0.1) is 5.10 Å². The summed E-state index contributed by atoms with van der Waals surface area (Å²) in [4.78, 5) is 12.6. The van der Waals surface area contributed by atoms with E-state index in [9.17, 15) is 4.79 Å². The maximum atomic E-state index is 12.6. The second-order valence-corrected chi connectivity index (χ2v) is 6.64. The van der Waals surface area contributed by atoms with E-state index < -0.39 is 5.25 Å². The molecule has 0 aliphatic heterocycles. The van der Waals surface area contributed by atoms with Crippen molar-refractivity contribution in [3.05, 3.63) is 54.1 Å². The van der Waals surface area contributed by atoms with Gasteiger partial charge in [0.25, 0.3) is 0 Å². The van der Waals surface area contributed by atoms with Crippen LogP contribution in [0.5, 0.6) is 11.5 Å². The average molecular weight is 400 g/mol. The van der Waals surface area contributed by atoms with Gasteiger partial charge in [0.15, 0.2) is 0 Å². The van der Waals surface area contributed by atoms with Gasteiger partial charge in [-0.05, 0) is 35.0 Å². The minimum atomic E-state index is -0.609. The number of carbonyl (C=O) groups is 1. The second-order valence-electron chi connectivity index (χ2n) is 5.57. The van der Waals surface area contributed by atoms with Crippen molar-refractivity contribution >= 4 is 17.7 Å². The Hall–Kier alpha value is -3.07. The standard InChI is InChI=1S/C19H20N4O4S/c1-4-27-18(24)17(13-8-6-5-7-9-13)28-19-20-21-22-23(19)15-12-14(25-2)10-11-16(15)26-3/h5-12,17H,4H2,1-3H3. The number of hydrogen-bond donors (Lipinski definition) is 0. The van der Waals surface area contributed by atoms with E-state index >= 15 is 0 Å². The first-order valence-corrected chi connectivity index (χ1v) is 9.45. The lowest BCUT2D eigenvalue weighted by Crippen LogP contribution is -2.14. The fraction of sp³-hybridized carbons (Fsp3) is 0.263. The first kappa shape index (κ1) is 19.7. The Morgan fingerprint density at radius 2 is 1.93 bits per heavy atom. The number of nitrogens with zero attached hydrogens (tertiary/aromatic N) is 4. The number of methoxy groups -OCH3 is 2. The predicted octanol–water partition coefficient (Wildman–Crippen LogP) is 3.08. The summed E-state index contributed by atoms with van der Waals surface area (Å²) >= 11 is 1.21. The van der Waals surface area contributed by atoms with E-state index in [1.54, 1.807) is 39.3 Å². The van der Waals surface area contributed by atoms with Crippen LogP contribution in [-0.4, -0.2) is 47.0 Å². The molecular formula is C19H20N4O4S. The zero-order chi connectivity index (χ0) is 19.9. The number of carbonyl (C=O) groups excluding carboxylic acids is 1. The molecule has 0 saturated carbocycles. The fourth-order valence-electron chi connectivity index (χ4n) is 2.57. The Balaban J connectivity index is 1.99. The number of tetrazole rings is 1. The quantitative estimate of drug-likeness (QED) is 0.421. The van der Waals surface area contributed by atoms with Gasteiger partial charge in [0, 0.05) is 6.07 Å². The minimum absolute atomic E-state index is 0.289. The Bertz CT molecular complexity index is 933. The highest BCUT2D eigenvalue weighted by atomic mass is 32.2. The van der Waals surface area contributed by atoms with Gasteiger partial charge in [0.1, 0.15) is 22.4 Å². The number of rotatable bonds is 8. The maximum Gasteiger partial charge on any atom is 0.324 e. The van der Waals surface area contributed by atoms with Gasteiger partial charge < -0.3 is 14.2 Å². The molecule has 0 N–H and O–H groups in total. The molecule has 0 bridgehead atoms. The van der Waals surface area contributed by atoms with Crippen LogP contribution < -0.4 is 9.47 Å². The minimum Gasteiger partial charge on any atom is -0.497 e. The highest BCUT2D eigenvalue weighted by Crippen LogP contribution is 2.37. The van der Waals surface area contributed by atoms with Crippen molar-refractivity contribution in [3.8, 4) is 17.2 Å². The van der Waals surface area contributed by atoms with Crippen molar-refractivity contribution in [2.24, 2.45) is 0 Å². The molecule has 0 saturated heterocycles. The van der Waals surface area contributed by atoms with Gasteiger partial charge in [-0.2, -0.15) is 4.68 Å². The van der Waals surface area contributed by atoms with Crippen LogP contribution in [0.1, 0.15) is 17.7 Å². The number of thioether (sulfide) groups is 1. The molecule has 3 rings (SSSR count). The Labute approximate surface area is 166 Å². The molecule has 146 valence electrons. The third-order valence-electron chi connectivity index (χ3n) is 3.88. The SMILES string of the molecule is CCOC(=O)C(Sc1nnnn1-c1cc(OC)ccc1OC)c1ccccc1. The average Bonchev–Trinajstić information content (AvgIpc) is 3.20. The van der Waals surface area contributed by atoms with Crippen molar-refractivity contribution in [1.29, 1.82) is 0 Å². The Kier molecular flexibility index (Phi) is 6.49. The normalized spacial score (nSPS) is 11.7. The van der Waals surface area contributed by atoms with E-state index in [-0.39, 0.29) is 12.6 Å². The Morgan fingerprint density at radius 1 is 1.14 bits per heavy atom. The molecule has 0 fully saturated rings. The molecule has 1 unspecified atom stereocenters. The van der Waals surface area contributed by atoms with Gasteiger partial charge >= 0.3 is 5.97 Å². The van der Waals surface area contributed by atoms with Gasteiger partial charge in [0.05, 0.1) is 20.8 Å². The second kappa shape index (κ2) is 9.23. The number of esters is 1. The van der Waals surface area contributed by atoms with Crippen LogP contribution in [-0.2, 0) is 9.53 Å². The predicted molar refractivity (Wildman–Crippen MR) is 104 cm³/mol. The molecule has 2 aromatic carbocycles. The van der Waals surface area contributed by atoms with Crippen LogP contribution in [0.25, 0.3) is 5.69 Å². The molecule has 9 heteroatoms. The lowest BCUT2D eigenvalue weighted by molar-refractivity contribution is -0.142. The zero-order valence-corrected chi connectivity index (χ0v) is 16.5. The number of aromatic nitrogens is 4. The van der Waals surface area contributed by atoms with Crippen molar-refractivity contribution in [2.75, 3.05) is 20.8 Å². The van der Waals surface area contributed by atoms with Crippen LogP contribution >= 0.6 is 11.8 Å². The van der Waals surface area contributed by atoms with Crippen molar-refractivity contribution in [1.82, 2.24) is 20.2 Å². The monoisotopic (exact) mass is 400 g/mol. The summed E-state index contributed by atoms with van der Waals surface area (Å²) in [6.45, 7) is 2.06. The van der Waals surface area contributed by atoms with Crippen LogP contribution in [0.4, 0.5) is 0 Å². The third kappa shape index (κ3) is 4.25. The zero-order valence-electron chi connectivity index (χ0n) is 15.7. The van der Waals surface area contributed by atoms with E-state index in [0.717, 1.165) is 5.56 Å². The summed E-state index contributed by atoms with van der Waals surface area (Å²) < 4.78 is 17.5. The first-order valence-electron chi connectivity index (χ1n) is 8.57. The third-order valence-corrected chi connectivity index (χ3v) is 5.05. The highest BCUT2D eigenvalue weighted by Gasteiger charge is 2.27. The van der Waals surface area contributed by atoms with Crippen LogP contribution in [0.15, 0.2) is 53.7 Å². The van der Waals surface area contributed by atoms with Crippen molar-refractivity contribution in [2.45, 2.75) is 17.3 Å². The summed E-state index contributed by atoms with van der Waals surface area (Å²) in [7, 11) is 3.14. The molecule has 0 aliphatic carbocycles. The lowest BCUT2D eigenvalue weighted by Gasteiger charge is -2.16. The number of hydrogen-bond acceptors (Lipinski definition) is 8. The van der Waals surface area contributed by atoms with Crippen LogP contribution in [0.2, 0.25) is 0 Å². The smallest absolute Gasteiger partial charge is 0.324 e. The molecule has 0 aliphatic rings. The van der Waals surface area contributed by atoms with Crippen LogP contribution in [0.3, 0.4) is 0 Å². The van der Waals surface area contributed by atoms with Gasteiger partial charge in [0.2, 0.25) is 5.16 Å². The first-order chi connectivity index (χ1) is 13.7. The fourth-order valence-corrected chi connectivity index (χ4v) is 3.56. The molecule has 3 aromatic rings. The molecule has 1 aromatic heterocycles. The lowest BCUT2D eigenvalue weighted by atomic mass is 10.1. The Morgan fingerprint density at radius 3 is 2.61 bits per heavy atom. The summed E-state index contributed by atoms with van der Waals surface area (Å²) in [5.41, 5.74) is 1.41. The number of ether oxygens (including phenoxy) is 3. The molecule has 1 heterocycles. The van der Waals surface area contributed by atoms with Crippen molar-refractivity contribution < 1.29 is 19.0 Å². The van der Waals surface area contributed by atoms with E-state index in [0.29, 0.717) is 22.3 Å². The van der Waals surface area contributed by atoms with E-state index in [1.165, 1.54) is 16.4 Å². The molecule has 28 heavy (non-hydrogen) atoms. The summed E-state index contributed by atoms with van der Waals surface area (Å²) in [5.74, 6) is 0.848. The number of benzene rings is 2. The van der Waals surface area contributed by atoms with Gasteiger partial charge in [-0.25, -0.2) is 0 Å². The topological polar surface area (TPSA) is 88.4 Å². The molecule has 8 nitrogen and oxygen atoms in total. The van der Waals surface area contributed by atoms with Crippen LogP contribution in [0, 0.1) is 0 Å². The summed E-state index contributed by atoms with van der Waals surface area (Å²) in [5, 5.41) is 11.8. The highest BCUT2D eigenvalue weighted by molar-refractivity contribution is 8.00. The summed E-state index contributed by atoms with van der Waals surface area (Å²) in [6.07, 6.45) is 0. The molecule has 1 atom stereocenters. The largest absolute Gasteiger partial charge is 0.497 e. The maximum absolute atomic E-state index is 12.6. The van der Waals surface area contributed by atoms with E-state index in [2.05, 4.69) is 15.5 Å². The van der Waals surface area contributed by atoms with E-state index in [4.69, 9.17) is 14.2 Å². The molecule has 0 radical (unpaired) electrons. The van der Waals surface area contributed by atoms with E-state index in [1.807, 2.05) is 30.3 Å². The molecular weight excluding hydrogens is 380 g/mol. The molecule has 0 spiro atoms. The summed E-state index contributed by atoms with van der Waals surface area (Å²) in [6, 6.07) is 14.7. The molecule has 0 amide bonds. The van der Waals surface area contributed by atoms with Gasteiger partial charge in [-0.1, -0.05) is 42.1 Å². The van der Waals surface area contributed by atoms with Crippen molar-refractivity contribution in [3.63, 3.8) is 0 Å².